The van der Waals surface area contributed by atoms with Gasteiger partial charge in [-0.1, -0.05) is 44.5 Å². The lowest BCUT2D eigenvalue weighted by Gasteiger charge is -2.25. The highest BCUT2D eigenvalue weighted by atomic mass is 16.5. The van der Waals surface area contributed by atoms with E-state index in [0.29, 0.717) is 18.9 Å². The molecular formula is C16H22O2. The number of benzene rings is 1. The second kappa shape index (κ2) is 6.14. The highest BCUT2D eigenvalue weighted by Gasteiger charge is 2.26. The van der Waals surface area contributed by atoms with Gasteiger partial charge in [0.2, 0.25) is 0 Å². The highest BCUT2D eigenvalue weighted by molar-refractivity contribution is 5.84. The van der Waals surface area contributed by atoms with Gasteiger partial charge in [0.05, 0.1) is 6.61 Å². The lowest BCUT2D eigenvalue weighted by atomic mass is 9.93. The van der Waals surface area contributed by atoms with E-state index in [-0.39, 0.29) is 11.9 Å². The summed E-state index contributed by atoms with van der Waals surface area (Å²) in [6, 6.07) is 8.15. The molecule has 98 valence electrons. The Morgan fingerprint density at radius 2 is 2.17 bits per heavy atom. The number of carbonyl (C=O) groups excluding carboxylic acids is 1. The molecule has 0 spiro atoms. The van der Waals surface area contributed by atoms with Crippen LogP contribution in [0.1, 0.15) is 50.3 Å². The van der Waals surface area contributed by atoms with Crippen molar-refractivity contribution in [3.8, 4) is 0 Å². The van der Waals surface area contributed by atoms with Crippen molar-refractivity contribution < 1.29 is 9.53 Å². The Morgan fingerprint density at radius 1 is 1.39 bits per heavy atom. The minimum atomic E-state index is -0.317. The van der Waals surface area contributed by atoms with Crippen LogP contribution in [0.5, 0.6) is 0 Å². The molecule has 0 bridgehead atoms. The normalized spacial score (nSPS) is 18.7. The quantitative estimate of drug-likeness (QED) is 0.792. The zero-order valence-electron chi connectivity index (χ0n) is 11.3. The molecule has 1 aliphatic heterocycles. The minimum Gasteiger partial charge on any atom is -0.365 e. The summed E-state index contributed by atoms with van der Waals surface area (Å²) in [6.45, 7) is 5.05. The van der Waals surface area contributed by atoms with Crippen LogP contribution in [0.25, 0.3) is 0 Å². The van der Waals surface area contributed by atoms with E-state index in [4.69, 9.17) is 4.74 Å². The Morgan fingerprint density at radius 3 is 2.94 bits per heavy atom. The van der Waals surface area contributed by atoms with Crippen molar-refractivity contribution in [3.05, 3.63) is 35.4 Å². The summed E-state index contributed by atoms with van der Waals surface area (Å²) in [5.74, 6) is 0.903. The van der Waals surface area contributed by atoms with E-state index < -0.39 is 0 Å². The maximum atomic E-state index is 12.2. The number of hydrogen-bond donors (Lipinski definition) is 0. The average molecular weight is 246 g/mol. The third kappa shape index (κ3) is 3.20. The molecule has 0 radical (unpaired) electrons. The summed E-state index contributed by atoms with van der Waals surface area (Å²) in [7, 11) is 0. The molecule has 1 unspecified atom stereocenters. The zero-order valence-corrected chi connectivity index (χ0v) is 11.3. The molecule has 1 heterocycles. The predicted octanol–water partition coefficient (Wildman–Crippen LogP) is 3.70. The molecule has 1 aliphatic rings. The van der Waals surface area contributed by atoms with E-state index in [9.17, 15) is 4.79 Å². The van der Waals surface area contributed by atoms with Gasteiger partial charge in [0, 0.05) is 6.42 Å². The molecule has 1 aromatic rings. The van der Waals surface area contributed by atoms with Gasteiger partial charge in [0.25, 0.3) is 0 Å². The molecule has 0 N–H and O–H groups in total. The van der Waals surface area contributed by atoms with E-state index >= 15 is 0 Å². The summed E-state index contributed by atoms with van der Waals surface area (Å²) < 4.78 is 5.67. The fourth-order valence-electron chi connectivity index (χ4n) is 2.48. The van der Waals surface area contributed by atoms with E-state index in [1.54, 1.807) is 0 Å². The van der Waals surface area contributed by atoms with Crippen molar-refractivity contribution in [2.24, 2.45) is 5.92 Å². The lowest BCUT2D eigenvalue weighted by Crippen LogP contribution is -2.23. The standard InChI is InChI=1S/C16H22O2/c1-12(2)6-5-9-15(17)16-14-8-4-3-7-13(14)10-11-18-16/h3-4,7-8,12,16H,5-6,9-11H2,1-2H3. The first-order chi connectivity index (χ1) is 8.68. The van der Waals surface area contributed by atoms with E-state index in [1.165, 1.54) is 5.56 Å². The van der Waals surface area contributed by atoms with Crippen LogP contribution < -0.4 is 0 Å². The van der Waals surface area contributed by atoms with Gasteiger partial charge in [-0.2, -0.15) is 0 Å². The second-order valence-corrected chi connectivity index (χ2v) is 5.45. The van der Waals surface area contributed by atoms with Gasteiger partial charge in [0.15, 0.2) is 5.78 Å². The molecule has 1 aromatic carbocycles. The van der Waals surface area contributed by atoms with Crippen LogP contribution in [-0.4, -0.2) is 12.4 Å². The van der Waals surface area contributed by atoms with Crippen molar-refractivity contribution in [2.45, 2.75) is 45.6 Å². The van der Waals surface area contributed by atoms with Crippen molar-refractivity contribution >= 4 is 5.78 Å². The number of Topliss-reactive ketones (excluding diaryl/α,β-unsaturated/α-hetero) is 1. The SMILES string of the molecule is CC(C)CCCC(=O)C1OCCc2ccccc21. The monoisotopic (exact) mass is 246 g/mol. The fraction of sp³-hybridized carbons (Fsp3) is 0.562. The number of fused-ring (bicyclic) bond motifs is 1. The summed E-state index contributed by atoms with van der Waals surface area (Å²) in [5, 5.41) is 0. The van der Waals surface area contributed by atoms with E-state index in [0.717, 1.165) is 24.8 Å². The molecule has 0 aliphatic carbocycles. The maximum absolute atomic E-state index is 12.2. The Bertz CT molecular complexity index is 409. The van der Waals surface area contributed by atoms with Gasteiger partial charge in [-0.3, -0.25) is 4.79 Å². The molecule has 0 aromatic heterocycles. The third-order valence-corrected chi connectivity index (χ3v) is 3.49. The number of rotatable bonds is 5. The van der Waals surface area contributed by atoms with Crippen molar-refractivity contribution in [1.29, 1.82) is 0 Å². The van der Waals surface area contributed by atoms with Gasteiger partial charge >= 0.3 is 0 Å². The third-order valence-electron chi connectivity index (χ3n) is 3.49. The van der Waals surface area contributed by atoms with Crippen LogP contribution in [0.3, 0.4) is 0 Å². The molecule has 2 rings (SSSR count). The van der Waals surface area contributed by atoms with E-state index in [1.807, 2.05) is 18.2 Å². The van der Waals surface area contributed by atoms with Crippen LogP contribution in [0.2, 0.25) is 0 Å². The first kappa shape index (κ1) is 13.3. The molecule has 2 nitrogen and oxygen atoms in total. The molecule has 0 saturated carbocycles. The average Bonchev–Trinajstić information content (AvgIpc) is 2.37. The lowest BCUT2D eigenvalue weighted by molar-refractivity contribution is -0.132. The Hall–Kier alpha value is -1.15. The molecule has 0 amide bonds. The van der Waals surface area contributed by atoms with Crippen LogP contribution >= 0.6 is 0 Å². The van der Waals surface area contributed by atoms with Gasteiger partial charge < -0.3 is 4.74 Å². The smallest absolute Gasteiger partial charge is 0.166 e. The second-order valence-electron chi connectivity index (χ2n) is 5.45. The molecule has 0 saturated heterocycles. The highest BCUT2D eigenvalue weighted by Crippen LogP contribution is 2.29. The van der Waals surface area contributed by atoms with Crippen LogP contribution in [-0.2, 0) is 16.0 Å². The van der Waals surface area contributed by atoms with Crippen molar-refractivity contribution in [3.63, 3.8) is 0 Å². The Kier molecular flexibility index (Phi) is 4.54. The van der Waals surface area contributed by atoms with Crippen LogP contribution in [0.4, 0.5) is 0 Å². The number of ketones is 1. The van der Waals surface area contributed by atoms with Crippen LogP contribution in [0.15, 0.2) is 24.3 Å². The van der Waals surface area contributed by atoms with Crippen LogP contribution in [0, 0.1) is 5.92 Å². The molecular weight excluding hydrogens is 224 g/mol. The number of hydrogen-bond acceptors (Lipinski definition) is 2. The number of ether oxygens (including phenoxy) is 1. The maximum Gasteiger partial charge on any atom is 0.166 e. The molecule has 18 heavy (non-hydrogen) atoms. The predicted molar refractivity (Wildman–Crippen MR) is 72.5 cm³/mol. The summed E-state index contributed by atoms with van der Waals surface area (Å²) in [5.41, 5.74) is 2.35. The van der Waals surface area contributed by atoms with Crippen molar-refractivity contribution in [2.75, 3.05) is 6.61 Å². The Balaban J connectivity index is 1.99. The van der Waals surface area contributed by atoms with E-state index in [2.05, 4.69) is 19.9 Å². The van der Waals surface area contributed by atoms with Gasteiger partial charge in [0.1, 0.15) is 6.10 Å². The molecule has 1 atom stereocenters. The summed E-state index contributed by atoms with van der Waals surface area (Å²) in [4.78, 5) is 12.2. The first-order valence-electron chi connectivity index (χ1n) is 6.90. The first-order valence-corrected chi connectivity index (χ1v) is 6.90. The van der Waals surface area contributed by atoms with Crippen molar-refractivity contribution in [1.82, 2.24) is 0 Å². The van der Waals surface area contributed by atoms with Gasteiger partial charge in [-0.25, -0.2) is 0 Å². The fourth-order valence-corrected chi connectivity index (χ4v) is 2.48. The largest absolute Gasteiger partial charge is 0.365 e. The Labute approximate surface area is 109 Å². The van der Waals surface area contributed by atoms with Gasteiger partial charge in [-0.15, -0.1) is 0 Å². The summed E-state index contributed by atoms with van der Waals surface area (Å²) in [6.07, 6.45) is 3.32. The zero-order chi connectivity index (χ0) is 13.0. The molecule has 2 heteroatoms. The van der Waals surface area contributed by atoms with Gasteiger partial charge in [-0.05, 0) is 29.9 Å². The number of carbonyl (C=O) groups is 1. The summed E-state index contributed by atoms with van der Waals surface area (Å²) >= 11 is 0. The minimum absolute atomic E-state index is 0.239. The topological polar surface area (TPSA) is 26.3 Å². The molecule has 0 fully saturated rings.